The Hall–Kier alpha value is -2.76. The van der Waals surface area contributed by atoms with Gasteiger partial charge in [0, 0.05) is 14.1 Å². The smallest absolute Gasteiger partial charge is 0.195 e. The van der Waals surface area contributed by atoms with Gasteiger partial charge in [-0.25, -0.2) is 0 Å². The van der Waals surface area contributed by atoms with Gasteiger partial charge in [-0.2, -0.15) is 4.52 Å². The quantitative estimate of drug-likeness (QED) is 0.693. The minimum atomic E-state index is 0.214. The van der Waals surface area contributed by atoms with Crippen LogP contribution in [0.15, 0.2) is 47.5 Å². The van der Waals surface area contributed by atoms with Crippen LogP contribution < -0.4 is 4.90 Å². The van der Waals surface area contributed by atoms with Gasteiger partial charge in [0.05, 0.1) is 12.3 Å². The molecule has 0 N–H and O–H groups in total. The first-order chi connectivity index (χ1) is 10.7. The van der Waals surface area contributed by atoms with Crippen LogP contribution in [-0.2, 0) is 0 Å². The molecule has 0 amide bonds. The number of benzene rings is 1. The van der Waals surface area contributed by atoms with Crippen molar-refractivity contribution in [2.45, 2.75) is 13.0 Å². The molecule has 0 aliphatic carbocycles. The zero-order valence-electron chi connectivity index (χ0n) is 12.9. The second-order valence-corrected chi connectivity index (χ2v) is 5.10. The molecule has 112 valence electrons. The minimum absolute atomic E-state index is 0.214. The van der Waals surface area contributed by atoms with Crippen LogP contribution in [0, 0.1) is 0 Å². The van der Waals surface area contributed by atoms with Gasteiger partial charge in [-0.15, -0.1) is 15.3 Å². The fraction of sp³-hybridized carbons (Fsp3) is 0.250. The summed E-state index contributed by atoms with van der Waals surface area (Å²) in [4.78, 5) is 6.11. The Morgan fingerprint density at radius 3 is 2.64 bits per heavy atom. The van der Waals surface area contributed by atoms with Crippen LogP contribution in [0.1, 0.15) is 24.4 Å². The van der Waals surface area contributed by atoms with Gasteiger partial charge >= 0.3 is 0 Å². The van der Waals surface area contributed by atoms with Gasteiger partial charge in [0.1, 0.15) is 5.82 Å². The average molecular weight is 294 g/mol. The summed E-state index contributed by atoms with van der Waals surface area (Å²) in [7, 11) is 3.73. The lowest BCUT2D eigenvalue weighted by molar-refractivity contribution is 0.714. The molecule has 2 heterocycles. The molecule has 1 unspecified atom stereocenters. The van der Waals surface area contributed by atoms with Crippen molar-refractivity contribution >= 4 is 17.7 Å². The Morgan fingerprint density at radius 2 is 1.91 bits per heavy atom. The van der Waals surface area contributed by atoms with E-state index in [2.05, 4.69) is 44.2 Å². The summed E-state index contributed by atoms with van der Waals surface area (Å²) >= 11 is 0. The highest BCUT2D eigenvalue weighted by Crippen LogP contribution is 2.23. The van der Waals surface area contributed by atoms with Crippen LogP contribution >= 0.6 is 0 Å². The summed E-state index contributed by atoms with van der Waals surface area (Å²) in [6.07, 6.45) is 1.65. The molecule has 0 fully saturated rings. The second-order valence-electron chi connectivity index (χ2n) is 5.10. The summed E-state index contributed by atoms with van der Waals surface area (Å²) in [5, 5.41) is 12.8. The van der Waals surface area contributed by atoms with Gasteiger partial charge < -0.3 is 4.90 Å². The van der Waals surface area contributed by atoms with E-state index in [4.69, 9.17) is 0 Å². The van der Waals surface area contributed by atoms with E-state index in [0.29, 0.717) is 11.5 Å². The number of hydrogen-bond donors (Lipinski definition) is 0. The van der Waals surface area contributed by atoms with Crippen molar-refractivity contribution in [2.24, 2.45) is 4.99 Å². The van der Waals surface area contributed by atoms with E-state index in [1.54, 1.807) is 17.8 Å². The number of anilines is 1. The number of rotatable bonds is 4. The lowest BCUT2D eigenvalue weighted by Crippen LogP contribution is -2.23. The average Bonchev–Trinajstić information content (AvgIpc) is 2.97. The number of hydrogen-bond acceptors (Lipinski definition) is 5. The first kappa shape index (κ1) is 14.2. The summed E-state index contributed by atoms with van der Waals surface area (Å²) in [5.74, 6) is 1.48. The van der Waals surface area contributed by atoms with Gasteiger partial charge in [0.25, 0.3) is 0 Å². The van der Waals surface area contributed by atoms with Gasteiger partial charge in [-0.1, -0.05) is 30.3 Å². The van der Waals surface area contributed by atoms with Gasteiger partial charge in [0.2, 0.25) is 0 Å². The van der Waals surface area contributed by atoms with E-state index in [-0.39, 0.29) is 6.04 Å². The highest BCUT2D eigenvalue weighted by molar-refractivity contribution is 5.75. The monoisotopic (exact) mass is 294 g/mol. The first-order valence-electron chi connectivity index (χ1n) is 7.13. The third kappa shape index (κ3) is 2.55. The van der Waals surface area contributed by atoms with Crippen molar-refractivity contribution in [2.75, 3.05) is 19.0 Å². The normalized spacial score (nSPS) is 12.9. The number of fused-ring (bicyclic) bond motifs is 1. The number of nitrogens with zero attached hydrogens (tertiary/aromatic N) is 6. The van der Waals surface area contributed by atoms with Gasteiger partial charge in [-0.05, 0) is 24.6 Å². The lowest BCUT2D eigenvalue weighted by Gasteiger charge is -2.26. The summed E-state index contributed by atoms with van der Waals surface area (Å²) in [6.45, 7) is 2.15. The predicted molar refractivity (Wildman–Crippen MR) is 87.6 cm³/mol. The largest absolute Gasteiger partial charge is 0.351 e. The molecule has 0 saturated heterocycles. The third-order valence-electron chi connectivity index (χ3n) is 3.74. The van der Waals surface area contributed by atoms with Crippen LogP contribution in [0.25, 0.3) is 5.65 Å². The maximum absolute atomic E-state index is 4.63. The molecule has 0 aliphatic rings. The van der Waals surface area contributed by atoms with E-state index in [1.165, 1.54) is 5.56 Å². The molecule has 22 heavy (non-hydrogen) atoms. The SMILES string of the molecule is CN=Cc1nnc2ccc(N(C)C(C)c3ccccc3)nn12. The molecule has 0 aliphatic heterocycles. The standard InChI is InChI=1S/C16H18N6/c1-12(13-7-5-4-6-8-13)21(3)15-10-9-14-18-19-16(11-17-2)22(14)20-15/h4-12H,1-3H3. The van der Waals surface area contributed by atoms with Crippen LogP contribution in [0.5, 0.6) is 0 Å². The number of aromatic nitrogens is 4. The van der Waals surface area contributed by atoms with Crippen molar-refractivity contribution in [3.63, 3.8) is 0 Å². The molecule has 3 rings (SSSR count). The van der Waals surface area contributed by atoms with Crippen molar-refractivity contribution in [1.82, 2.24) is 19.8 Å². The highest BCUT2D eigenvalue weighted by Gasteiger charge is 2.15. The van der Waals surface area contributed by atoms with Crippen molar-refractivity contribution in [3.05, 3.63) is 53.9 Å². The predicted octanol–water partition coefficient (Wildman–Crippen LogP) is 2.37. The Kier molecular flexibility index (Phi) is 3.82. The molecule has 1 aromatic carbocycles. The molecule has 0 spiro atoms. The fourth-order valence-electron chi connectivity index (χ4n) is 2.33. The highest BCUT2D eigenvalue weighted by atomic mass is 15.4. The Morgan fingerprint density at radius 1 is 1.14 bits per heavy atom. The molecule has 3 aromatic rings. The fourth-order valence-corrected chi connectivity index (χ4v) is 2.33. The summed E-state index contributed by atoms with van der Waals surface area (Å²) in [5.41, 5.74) is 1.95. The van der Waals surface area contributed by atoms with E-state index in [9.17, 15) is 0 Å². The maximum atomic E-state index is 4.63. The van der Waals surface area contributed by atoms with Gasteiger partial charge in [0.15, 0.2) is 11.5 Å². The zero-order chi connectivity index (χ0) is 15.5. The van der Waals surface area contributed by atoms with Crippen LogP contribution in [0.2, 0.25) is 0 Å². The zero-order valence-corrected chi connectivity index (χ0v) is 12.9. The first-order valence-corrected chi connectivity index (χ1v) is 7.13. The van der Waals surface area contributed by atoms with Crippen molar-refractivity contribution in [1.29, 1.82) is 0 Å². The van der Waals surface area contributed by atoms with Crippen LogP contribution in [-0.4, -0.2) is 40.1 Å². The minimum Gasteiger partial charge on any atom is -0.351 e. The Balaban J connectivity index is 1.97. The summed E-state index contributed by atoms with van der Waals surface area (Å²) in [6, 6.07) is 14.4. The van der Waals surface area contributed by atoms with E-state index >= 15 is 0 Å². The van der Waals surface area contributed by atoms with Crippen molar-refractivity contribution < 1.29 is 0 Å². The Labute approximate surface area is 129 Å². The topological polar surface area (TPSA) is 58.7 Å². The molecule has 0 saturated carbocycles. The molecule has 0 radical (unpaired) electrons. The second kappa shape index (κ2) is 5.93. The molecule has 2 aromatic heterocycles. The van der Waals surface area contributed by atoms with Crippen molar-refractivity contribution in [3.8, 4) is 0 Å². The van der Waals surface area contributed by atoms with E-state index < -0.39 is 0 Å². The molecular weight excluding hydrogens is 276 g/mol. The molecule has 1 atom stereocenters. The molecule has 0 bridgehead atoms. The Bertz CT molecular complexity index is 793. The molecular formula is C16H18N6. The van der Waals surface area contributed by atoms with Gasteiger partial charge in [-0.3, -0.25) is 4.99 Å². The molecule has 6 nitrogen and oxygen atoms in total. The maximum Gasteiger partial charge on any atom is 0.195 e. The number of aliphatic imine (C=N–C) groups is 1. The molecule has 6 heteroatoms. The lowest BCUT2D eigenvalue weighted by atomic mass is 10.1. The third-order valence-corrected chi connectivity index (χ3v) is 3.74. The van der Waals surface area contributed by atoms with E-state index in [0.717, 1.165) is 5.82 Å². The van der Waals surface area contributed by atoms with Crippen LogP contribution in [0.4, 0.5) is 5.82 Å². The summed E-state index contributed by atoms with van der Waals surface area (Å²) < 4.78 is 1.70. The van der Waals surface area contributed by atoms with Crippen LogP contribution in [0.3, 0.4) is 0 Å². The van der Waals surface area contributed by atoms with E-state index in [1.807, 2.05) is 37.4 Å².